The van der Waals surface area contributed by atoms with Crippen LogP contribution in [0.15, 0.2) is 47.4 Å². The first-order valence-electron chi connectivity index (χ1n) is 10.8. The summed E-state index contributed by atoms with van der Waals surface area (Å²) in [7, 11) is -4.00. The van der Waals surface area contributed by atoms with Crippen molar-refractivity contribution in [3.63, 3.8) is 0 Å². The Bertz CT molecular complexity index is 1290. The van der Waals surface area contributed by atoms with E-state index >= 15 is 0 Å². The highest BCUT2D eigenvalue weighted by molar-refractivity contribution is 7.92. The Labute approximate surface area is 189 Å². The summed E-state index contributed by atoms with van der Waals surface area (Å²) in [6.07, 6.45) is 0. The first-order valence-corrected chi connectivity index (χ1v) is 12.3. The van der Waals surface area contributed by atoms with Gasteiger partial charge in [-0.15, -0.1) is 0 Å². The zero-order chi connectivity index (χ0) is 22.9. The van der Waals surface area contributed by atoms with Crippen molar-refractivity contribution >= 4 is 26.7 Å². The van der Waals surface area contributed by atoms with Crippen LogP contribution in [-0.2, 0) is 9.84 Å². The molecule has 166 valence electrons. The Hall–Kier alpha value is -3.02. The molecule has 2 aromatic carbocycles. The van der Waals surface area contributed by atoms with Gasteiger partial charge in [0.2, 0.25) is 9.84 Å². The third-order valence-electron chi connectivity index (χ3n) is 6.02. The normalized spacial score (nSPS) is 16.1. The second-order valence-electron chi connectivity index (χ2n) is 8.17. The second-order valence-corrected chi connectivity index (χ2v) is 10.2. The topological polar surface area (TPSA) is 90.2 Å². The number of nitriles is 1. The van der Waals surface area contributed by atoms with Gasteiger partial charge in [0, 0.05) is 26.2 Å². The smallest absolute Gasteiger partial charge is 0.200 e. The molecule has 0 radical (unpaired) electrons. The monoisotopic (exact) mass is 449 g/mol. The molecule has 0 aliphatic carbocycles. The number of nitrogens with zero attached hydrogens (tertiary/aromatic N) is 5. The molecular formula is C24H27N5O2S. The van der Waals surface area contributed by atoms with Crippen molar-refractivity contribution in [2.45, 2.75) is 30.9 Å². The predicted octanol–water partition coefficient (Wildman–Crippen LogP) is 3.43. The number of rotatable bonds is 5. The highest BCUT2D eigenvalue weighted by Crippen LogP contribution is 2.35. The van der Waals surface area contributed by atoms with Crippen LogP contribution < -0.4 is 4.90 Å². The lowest BCUT2D eigenvalue weighted by Gasteiger charge is -2.35. The van der Waals surface area contributed by atoms with Crippen molar-refractivity contribution in [2.75, 3.05) is 37.6 Å². The summed E-state index contributed by atoms with van der Waals surface area (Å²) in [5.74, 6) is 0.486. The number of likely N-dealkylation sites (N-methyl/N-ethyl adjacent to an activating group) is 1. The van der Waals surface area contributed by atoms with Crippen LogP contribution in [0.1, 0.15) is 29.0 Å². The van der Waals surface area contributed by atoms with Crippen LogP contribution in [0.3, 0.4) is 0 Å². The molecule has 0 spiro atoms. The predicted molar refractivity (Wildman–Crippen MR) is 125 cm³/mol. The molecule has 32 heavy (non-hydrogen) atoms. The quantitative estimate of drug-likeness (QED) is 0.589. The van der Waals surface area contributed by atoms with Crippen LogP contribution in [0.5, 0.6) is 0 Å². The number of benzene rings is 2. The van der Waals surface area contributed by atoms with Crippen LogP contribution >= 0.6 is 0 Å². The Morgan fingerprint density at radius 3 is 2.31 bits per heavy atom. The maximum Gasteiger partial charge on any atom is 0.200 e. The van der Waals surface area contributed by atoms with Crippen LogP contribution in [-0.4, -0.2) is 56.0 Å². The molecule has 0 N–H and O–H groups in total. The lowest BCUT2D eigenvalue weighted by Crippen LogP contribution is -2.47. The lowest BCUT2D eigenvalue weighted by atomic mass is 10.2. The van der Waals surface area contributed by atoms with Crippen molar-refractivity contribution in [1.82, 2.24) is 14.9 Å². The highest BCUT2D eigenvalue weighted by Gasteiger charge is 2.36. The van der Waals surface area contributed by atoms with Gasteiger partial charge in [0.1, 0.15) is 5.69 Å². The van der Waals surface area contributed by atoms with E-state index in [9.17, 15) is 13.7 Å². The van der Waals surface area contributed by atoms with E-state index in [-0.39, 0.29) is 10.6 Å². The molecule has 1 saturated heterocycles. The van der Waals surface area contributed by atoms with Crippen LogP contribution in [0.4, 0.5) is 5.82 Å². The van der Waals surface area contributed by atoms with Crippen molar-refractivity contribution in [3.8, 4) is 6.07 Å². The zero-order valence-electron chi connectivity index (χ0n) is 18.6. The fourth-order valence-electron chi connectivity index (χ4n) is 4.11. The summed E-state index contributed by atoms with van der Waals surface area (Å²) in [5.41, 5.74) is 2.91. The molecule has 0 unspecified atom stereocenters. The van der Waals surface area contributed by atoms with Gasteiger partial charge in [-0.3, -0.25) is 0 Å². The van der Waals surface area contributed by atoms with Crippen molar-refractivity contribution in [3.05, 3.63) is 59.3 Å². The molecule has 1 aliphatic rings. The number of aryl methyl sites for hydroxylation is 2. The standard InChI is InChI=1S/C24H27N5O2S/c1-4-28-11-13-29(14-12-28)24-23(26-19-7-5-6-8-20(19)27-24)22(16-25)32(30,31)21-15-17(2)9-10-18(21)3/h5-10,15,22H,4,11-14H2,1-3H3/t22-/m0/s1. The Morgan fingerprint density at radius 2 is 1.69 bits per heavy atom. The minimum absolute atomic E-state index is 0.167. The zero-order valence-corrected chi connectivity index (χ0v) is 19.4. The minimum atomic E-state index is -4.00. The number of hydrogen-bond donors (Lipinski definition) is 0. The van der Waals surface area contributed by atoms with Gasteiger partial charge in [-0.1, -0.05) is 31.2 Å². The maximum absolute atomic E-state index is 13.7. The van der Waals surface area contributed by atoms with Crippen LogP contribution in [0.25, 0.3) is 11.0 Å². The van der Waals surface area contributed by atoms with E-state index in [0.717, 1.165) is 25.2 Å². The Balaban J connectivity index is 1.87. The molecule has 8 heteroatoms. The van der Waals surface area contributed by atoms with E-state index < -0.39 is 15.1 Å². The summed E-state index contributed by atoms with van der Waals surface area (Å²) in [4.78, 5) is 14.0. The molecule has 3 aromatic rings. The van der Waals surface area contributed by atoms with Gasteiger partial charge < -0.3 is 9.80 Å². The first-order chi connectivity index (χ1) is 15.3. The van der Waals surface area contributed by atoms with E-state index in [1.54, 1.807) is 25.1 Å². The number of piperazine rings is 1. The minimum Gasteiger partial charge on any atom is -0.352 e. The van der Waals surface area contributed by atoms with Crippen molar-refractivity contribution in [1.29, 1.82) is 5.26 Å². The van der Waals surface area contributed by atoms with E-state index in [1.807, 2.05) is 37.3 Å². The molecule has 1 fully saturated rings. The van der Waals surface area contributed by atoms with Gasteiger partial charge in [0.15, 0.2) is 11.1 Å². The Morgan fingerprint density at radius 1 is 1.03 bits per heavy atom. The van der Waals surface area contributed by atoms with Crippen LogP contribution in [0, 0.1) is 25.2 Å². The third-order valence-corrected chi connectivity index (χ3v) is 8.03. The van der Waals surface area contributed by atoms with Gasteiger partial charge in [0.05, 0.1) is 22.0 Å². The largest absolute Gasteiger partial charge is 0.352 e. The molecule has 1 aromatic heterocycles. The van der Waals surface area contributed by atoms with E-state index in [1.165, 1.54) is 0 Å². The van der Waals surface area contributed by atoms with E-state index in [0.29, 0.717) is 35.5 Å². The average Bonchev–Trinajstić information content (AvgIpc) is 2.80. The SMILES string of the molecule is CCN1CCN(c2nc3ccccc3nc2[C@H](C#N)S(=O)(=O)c2cc(C)ccc2C)CC1. The van der Waals surface area contributed by atoms with Gasteiger partial charge >= 0.3 is 0 Å². The third kappa shape index (κ3) is 4.06. The van der Waals surface area contributed by atoms with Crippen LogP contribution in [0.2, 0.25) is 0 Å². The van der Waals surface area contributed by atoms with E-state index in [4.69, 9.17) is 4.98 Å². The molecule has 0 amide bonds. The molecule has 7 nitrogen and oxygen atoms in total. The fourth-order valence-corrected chi connectivity index (χ4v) is 5.82. The van der Waals surface area contributed by atoms with Gasteiger partial charge in [-0.05, 0) is 49.7 Å². The first kappa shape index (κ1) is 22.2. The molecule has 0 bridgehead atoms. The number of para-hydroxylation sites is 2. The van der Waals surface area contributed by atoms with Gasteiger partial charge in [-0.25, -0.2) is 18.4 Å². The average molecular weight is 450 g/mol. The molecule has 1 aliphatic heterocycles. The number of sulfone groups is 1. The molecule has 0 saturated carbocycles. The lowest BCUT2D eigenvalue weighted by molar-refractivity contribution is 0.270. The second kappa shape index (κ2) is 8.85. The Kier molecular flexibility index (Phi) is 6.13. The summed E-state index contributed by atoms with van der Waals surface area (Å²) in [6.45, 7) is 9.79. The van der Waals surface area contributed by atoms with Gasteiger partial charge in [0.25, 0.3) is 0 Å². The molecule has 1 atom stereocenters. The number of fused-ring (bicyclic) bond motifs is 1. The summed E-state index contributed by atoms with van der Waals surface area (Å²) in [5, 5.41) is 8.64. The number of hydrogen-bond acceptors (Lipinski definition) is 7. The number of anilines is 1. The molecular weight excluding hydrogens is 422 g/mol. The maximum atomic E-state index is 13.7. The molecule has 4 rings (SSSR count). The highest BCUT2D eigenvalue weighted by atomic mass is 32.2. The molecule has 2 heterocycles. The number of aromatic nitrogens is 2. The summed E-state index contributed by atoms with van der Waals surface area (Å²) >= 11 is 0. The van der Waals surface area contributed by atoms with E-state index in [2.05, 4.69) is 21.7 Å². The fraction of sp³-hybridized carbons (Fsp3) is 0.375. The van der Waals surface area contributed by atoms with Crippen molar-refractivity contribution < 1.29 is 8.42 Å². The summed E-state index contributed by atoms with van der Waals surface area (Å²) in [6, 6.07) is 14.7. The van der Waals surface area contributed by atoms with Gasteiger partial charge in [-0.2, -0.15) is 5.26 Å². The summed E-state index contributed by atoms with van der Waals surface area (Å²) < 4.78 is 27.4. The van der Waals surface area contributed by atoms with Crippen molar-refractivity contribution in [2.24, 2.45) is 0 Å².